The molecule has 0 aromatic carbocycles. The summed E-state index contributed by atoms with van der Waals surface area (Å²) in [4.78, 5) is 12.0. The van der Waals surface area contributed by atoms with Crippen molar-refractivity contribution in [3.05, 3.63) is 17.5 Å². The molecule has 1 saturated carbocycles. The summed E-state index contributed by atoms with van der Waals surface area (Å²) in [5.41, 5.74) is 1.29. The summed E-state index contributed by atoms with van der Waals surface area (Å²) in [5, 5.41) is 16.6. The van der Waals surface area contributed by atoms with Gasteiger partial charge in [-0.2, -0.15) is 5.10 Å². The van der Waals surface area contributed by atoms with Crippen LogP contribution in [0.25, 0.3) is 0 Å². The lowest BCUT2D eigenvalue weighted by atomic mass is 9.87. The van der Waals surface area contributed by atoms with Crippen molar-refractivity contribution < 1.29 is 9.90 Å². The van der Waals surface area contributed by atoms with E-state index >= 15 is 0 Å². The van der Waals surface area contributed by atoms with Gasteiger partial charge >= 0.3 is 0 Å². The van der Waals surface area contributed by atoms with Crippen molar-refractivity contribution in [2.45, 2.75) is 32.6 Å². The lowest BCUT2D eigenvalue weighted by Crippen LogP contribution is -2.38. The highest BCUT2D eigenvalue weighted by Crippen LogP contribution is 2.36. The van der Waals surface area contributed by atoms with Crippen LogP contribution in [0.5, 0.6) is 0 Å². The lowest BCUT2D eigenvalue weighted by Gasteiger charge is -2.26. The minimum Gasteiger partial charge on any atom is -0.396 e. The van der Waals surface area contributed by atoms with Gasteiger partial charge < -0.3 is 10.4 Å². The molecule has 18 heavy (non-hydrogen) atoms. The fourth-order valence-electron chi connectivity index (χ4n) is 2.70. The number of aliphatic hydroxyl groups is 1. The van der Waals surface area contributed by atoms with Gasteiger partial charge in [-0.05, 0) is 25.8 Å². The van der Waals surface area contributed by atoms with Crippen molar-refractivity contribution in [1.82, 2.24) is 15.1 Å². The topological polar surface area (TPSA) is 67.2 Å². The van der Waals surface area contributed by atoms with E-state index in [1.165, 1.54) is 0 Å². The Morgan fingerprint density at radius 1 is 1.56 bits per heavy atom. The molecule has 100 valence electrons. The number of nitrogens with zero attached hydrogens (tertiary/aromatic N) is 2. The molecule has 1 heterocycles. The number of carbonyl (C=O) groups excluding carboxylic acids is 1. The zero-order valence-electron chi connectivity index (χ0n) is 11.1. The second kappa shape index (κ2) is 5.10. The first-order valence-electron chi connectivity index (χ1n) is 6.46. The monoisotopic (exact) mass is 251 g/mol. The van der Waals surface area contributed by atoms with Gasteiger partial charge in [0.25, 0.3) is 5.91 Å². The number of aliphatic hydroxyl groups excluding tert-OH is 1. The van der Waals surface area contributed by atoms with E-state index in [1.54, 1.807) is 17.8 Å². The second-order valence-corrected chi connectivity index (χ2v) is 5.34. The van der Waals surface area contributed by atoms with Gasteiger partial charge in [0, 0.05) is 19.0 Å². The van der Waals surface area contributed by atoms with Gasteiger partial charge in [0.1, 0.15) is 5.69 Å². The molecule has 0 aliphatic heterocycles. The number of carbonyl (C=O) groups is 1. The molecule has 1 aromatic rings. The Morgan fingerprint density at radius 3 is 2.72 bits per heavy atom. The van der Waals surface area contributed by atoms with Gasteiger partial charge in [-0.25, -0.2) is 0 Å². The normalized spacial score (nSPS) is 17.9. The van der Waals surface area contributed by atoms with Crippen molar-refractivity contribution in [2.75, 3.05) is 13.2 Å². The molecule has 0 radical (unpaired) electrons. The number of amides is 1. The van der Waals surface area contributed by atoms with E-state index in [0.717, 1.165) is 31.4 Å². The summed E-state index contributed by atoms with van der Waals surface area (Å²) in [5.74, 6) is -0.113. The third-order valence-electron chi connectivity index (χ3n) is 3.86. The number of nitrogens with one attached hydrogen (secondary N) is 1. The third-order valence-corrected chi connectivity index (χ3v) is 3.86. The number of hydrogen-bond donors (Lipinski definition) is 2. The highest BCUT2D eigenvalue weighted by atomic mass is 16.3. The van der Waals surface area contributed by atoms with Gasteiger partial charge in [-0.3, -0.25) is 9.48 Å². The van der Waals surface area contributed by atoms with E-state index in [4.69, 9.17) is 0 Å². The van der Waals surface area contributed by atoms with Crippen molar-refractivity contribution in [1.29, 1.82) is 0 Å². The Morgan fingerprint density at radius 2 is 2.22 bits per heavy atom. The van der Waals surface area contributed by atoms with E-state index in [2.05, 4.69) is 10.4 Å². The quantitative estimate of drug-likeness (QED) is 0.839. The van der Waals surface area contributed by atoms with Crippen LogP contribution in [0.15, 0.2) is 6.07 Å². The average molecular weight is 251 g/mol. The summed E-state index contributed by atoms with van der Waals surface area (Å²) in [6.07, 6.45) is 4.27. The first-order valence-corrected chi connectivity index (χ1v) is 6.46. The maximum atomic E-state index is 12.0. The van der Waals surface area contributed by atoms with Crippen LogP contribution < -0.4 is 5.32 Å². The first-order chi connectivity index (χ1) is 8.56. The summed E-state index contributed by atoms with van der Waals surface area (Å²) < 4.78 is 1.59. The van der Waals surface area contributed by atoms with Crippen molar-refractivity contribution in [3.8, 4) is 0 Å². The maximum Gasteiger partial charge on any atom is 0.269 e. The molecule has 0 bridgehead atoms. The number of hydrogen-bond acceptors (Lipinski definition) is 3. The summed E-state index contributed by atoms with van der Waals surface area (Å²) in [7, 11) is 1.76. The predicted molar refractivity (Wildman–Crippen MR) is 68.3 cm³/mol. The first kappa shape index (κ1) is 13.1. The van der Waals surface area contributed by atoms with E-state index < -0.39 is 0 Å². The summed E-state index contributed by atoms with van der Waals surface area (Å²) >= 11 is 0. The van der Waals surface area contributed by atoms with E-state index in [1.807, 2.05) is 6.92 Å². The minimum atomic E-state index is -0.113. The molecule has 0 unspecified atom stereocenters. The summed E-state index contributed by atoms with van der Waals surface area (Å²) in [6.45, 7) is 2.56. The van der Waals surface area contributed by atoms with E-state index in [0.29, 0.717) is 12.2 Å². The van der Waals surface area contributed by atoms with E-state index in [9.17, 15) is 9.90 Å². The van der Waals surface area contributed by atoms with Crippen LogP contribution in [-0.2, 0) is 7.05 Å². The maximum absolute atomic E-state index is 12.0. The molecule has 0 saturated heterocycles. The predicted octanol–water partition coefficient (Wildman–Crippen LogP) is 1.01. The van der Waals surface area contributed by atoms with Crippen LogP contribution in [0, 0.1) is 12.3 Å². The van der Waals surface area contributed by atoms with Crippen LogP contribution in [0.1, 0.15) is 41.9 Å². The van der Waals surface area contributed by atoms with Crippen molar-refractivity contribution in [3.63, 3.8) is 0 Å². The molecule has 1 aromatic heterocycles. The molecule has 1 aliphatic carbocycles. The second-order valence-electron chi connectivity index (χ2n) is 5.34. The molecule has 0 atom stereocenters. The number of rotatable bonds is 4. The molecular formula is C13H21N3O2. The molecule has 5 nitrogen and oxygen atoms in total. The largest absolute Gasteiger partial charge is 0.396 e. The Bertz CT molecular complexity index is 433. The highest BCUT2D eigenvalue weighted by Gasteiger charge is 2.33. The van der Waals surface area contributed by atoms with Gasteiger partial charge in [-0.1, -0.05) is 12.8 Å². The Hall–Kier alpha value is -1.36. The van der Waals surface area contributed by atoms with Crippen LogP contribution >= 0.6 is 0 Å². The van der Waals surface area contributed by atoms with E-state index in [-0.39, 0.29) is 17.9 Å². The smallest absolute Gasteiger partial charge is 0.269 e. The van der Waals surface area contributed by atoms with Gasteiger partial charge in [0.05, 0.1) is 12.3 Å². The Labute approximate surface area is 107 Å². The SMILES string of the molecule is Cc1cc(C(=O)NCC2(CO)CCCC2)n(C)n1. The molecule has 1 amide bonds. The molecule has 2 N–H and O–H groups in total. The average Bonchev–Trinajstić information content (AvgIpc) is 2.94. The zero-order chi connectivity index (χ0) is 13.2. The molecule has 2 rings (SSSR count). The molecule has 1 aliphatic rings. The standard InChI is InChI=1S/C13H21N3O2/c1-10-7-11(16(2)15-10)12(18)14-8-13(9-17)5-3-4-6-13/h7,17H,3-6,8-9H2,1-2H3,(H,14,18). The lowest BCUT2D eigenvalue weighted by molar-refractivity contribution is 0.0872. The Kier molecular flexibility index (Phi) is 3.71. The number of aryl methyl sites for hydroxylation is 2. The van der Waals surface area contributed by atoms with Crippen LogP contribution in [0.4, 0.5) is 0 Å². The Balaban J connectivity index is 1.98. The van der Waals surface area contributed by atoms with Crippen molar-refractivity contribution in [2.24, 2.45) is 12.5 Å². The zero-order valence-corrected chi connectivity index (χ0v) is 11.1. The molecule has 0 spiro atoms. The van der Waals surface area contributed by atoms with Crippen LogP contribution in [0.2, 0.25) is 0 Å². The van der Waals surface area contributed by atoms with Crippen LogP contribution in [0.3, 0.4) is 0 Å². The van der Waals surface area contributed by atoms with Gasteiger partial charge in [0.15, 0.2) is 0 Å². The molecular weight excluding hydrogens is 230 g/mol. The summed E-state index contributed by atoms with van der Waals surface area (Å²) in [6, 6.07) is 1.77. The minimum absolute atomic E-state index is 0.108. The molecule has 5 heteroatoms. The van der Waals surface area contributed by atoms with Crippen molar-refractivity contribution >= 4 is 5.91 Å². The van der Waals surface area contributed by atoms with Gasteiger partial charge in [0.2, 0.25) is 0 Å². The fourth-order valence-corrected chi connectivity index (χ4v) is 2.70. The number of aromatic nitrogens is 2. The van der Waals surface area contributed by atoms with Crippen LogP contribution in [-0.4, -0.2) is 33.9 Å². The fraction of sp³-hybridized carbons (Fsp3) is 0.692. The third kappa shape index (κ3) is 2.56. The molecule has 1 fully saturated rings. The van der Waals surface area contributed by atoms with Gasteiger partial charge in [-0.15, -0.1) is 0 Å². The highest BCUT2D eigenvalue weighted by molar-refractivity contribution is 5.92.